The van der Waals surface area contributed by atoms with Gasteiger partial charge in [-0.1, -0.05) is 59.7 Å². The molecule has 4 aliphatic carbocycles. The van der Waals surface area contributed by atoms with E-state index in [0.717, 1.165) is 72.0 Å². The van der Waals surface area contributed by atoms with Crippen molar-refractivity contribution in [2.45, 2.75) is 105 Å². The van der Waals surface area contributed by atoms with Crippen molar-refractivity contribution in [3.05, 3.63) is 77.1 Å². The van der Waals surface area contributed by atoms with Crippen LogP contribution in [-0.2, 0) is 24.9 Å². The van der Waals surface area contributed by atoms with Crippen LogP contribution in [0.5, 0.6) is 0 Å². The van der Waals surface area contributed by atoms with Crippen molar-refractivity contribution in [1.29, 1.82) is 0 Å². The van der Waals surface area contributed by atoms with E-state index in [1.54, 1.807) is 5.56 Å². The third kappa shape index (κ3) is 7.73. The van der Waals surface area contributed by atoms with Gasteiger partial charge in [-0.2, -0.15) is 0 Å². The Morgan fingerprint density at radius 1 is 0.864 bits per heavy atom. The number of allylic oxidation sites excluding steroid dienone is 2. The molecule has 4 heteroatoms. The summed E-state index contributed by atoms with van der Waals surface area (Å²) in [7, 11) is 0. The first-order valence-corrected chi connectivity index (χ1v) is 17.1. The number of aliphatic hydroxyl groups is 1. The molecule has 0 aliphatic heterocycles. The monoisotopic (exact) mass is 771 g/mol. The van der Waals surface area contributed by atoms with E-state index in [-0.39, 0.29) is 43.5 Å². The second-order valence-electron chi connectivity index (χ2n) is 13.9. The minimum absolute atomic E-state index is 0. The number of nitrogens with zero attached hydrogens (tertiary/aromatic N) is 1. The Balaban J connectivity index is 0.000000239. The third-order valence-electron chi connectivity index (χ3n) is 10.8. The molecule has 2 aromatic carbocycles. The van der Waals surface area contributed by atoms with Crippen LogP contribution >= 0.6 is 0 Å². The average molecular weight is 771 g/mol. The fraction of sp³-hybridized carbons (Fsp3) is 0.550. The van der Waals surface area contributed by atoms with Crippen molar-refractivity contribution in [1.82, 2.24) is 4.98 Å². The Morgan fingerprint density at radius 2 is 1.48 bits per heavy atom. The molecule has 1 N–H and O–H groups in total. The summed E-state index contributed by atoms with van der Waals surface area (Å²) in [5, 5.41) is 11.1. The molecule has 0 atom stereocenters. The molecule has 1 heterocycles. The van der Waals surface area contributed by atoms with Crippen molar-refractivity contribution in [2.75, 3.05) is 0 Å². The summed E-state index contributed by atoms with van der Waals surface area (Å²) >= 11 is 0. The van der Waals surface area contributed by atoms with E-state index in [1.165, 1.54) is 54.7 Å². The van der Waals surface area contributed by atoms with E-state index < -0.39 is 0 Å². The summed E-state index contributed by atoms with van der Waals surface area (Å²) in [5.41, 5.74) is 7.26. The van der Waals surface area contributed by atoms with Crippen LogP contribution in [0.4, 0.5) is 0 Å². The minimum Gasteiger partial charge on any atom is -0.512 e. The number of aromatic nitrogens is 1. The number of carbonyl (C=O) groups is 1. The van der Waals surface area contributed by atoms with Gasteiger partial charge in [0.1, 0.15) is 0 Å². The summed E-state index contributed by atoms with van der Waals surface area (Å²) in [6, 6.07) is 19.4. The van der Waals surface area contributed by atoms with Crippen LogP contribution in [0, 0.1) is 55.4 Å². The van der Waals surface area contributed by atoms with Gasteiger partial charge in [-0.25, -0.2) is 0 Å². The molecule has 4 aliphatic rings. The van der Waals surface area contributed by atoms with Crippen molar-refractivity contribution in [3.8, 4) is 11.3 Å². The zero-order valence-corrected chi connectivity index (χ0v) is 30.1. The summed E-state index contributed by atoms with van der Waals surface area (Å²) in [4.78, 5) is 16.7. The second-order valence-corrected chi connectivity index (χ2v) is 13.9. The smallest absolute Gasteiger partial charge is 0.162 e. The van der Waals surface area contributed by atoms with Crippen LogP contribution in [0.1, 0.15) is 108 Å². The molecular formula is C40H52IrNO2-. The number of aryl methyl sites for hydroxylation is 2. The normalized spacial score (nSPS) is 23.9. The Hall–Kier alpha value is -2.29. The maximum atomic E-state index is 11.7. The van der Waals surface area contributed by atoms with Crippen LogP contribution in [0.15, 0.2) is 54.3 Å². The van der Waals surface area contributed by atoms with Gasteiger partial charge in [0.2, 0.25) is 0 Å². The topological polar surface area (TPSA) is 50.2 Å². The van der Waals surface area contributed by atoms with Gasteiger partial charge in [-0.3, -0.25) is 9.78 Å². The number of carbonyl (C=O) groups excluding carboxylic acids is 1. The molecule has 0 spiro atoms. The van der Waals surface area contributed by atoms with E-state index >= 15 is 0 Å². The molecule has 44 heavy (non-hydrogen) atoms. The SMILES string of the molecule is CCC(CC)C(=O)/C=C(\O)C(CC)CC.Cc1[c-]c(-c2ccc3cc(C4C5CC6CC(C5)CC4C6)ccc3n2)cc(C)c1.[Ir]. The molecule has 4 bridgehead atoms. The van der Waals surface area contributed by atoms with Crippen LogP contribution in [-0.4, -0.2) is 15.9 Å². The Morgan fingerprint density at radius 3 is 2.05 bits per heavy atom. The van der Waals surface area contributed by atoms with E-state index in [4.69, 9.17) is 4.98 Å². The van der Waals surface area contributed by atoms with Crippen LogP contribution in [0.3, 0.4) is 0 Å². The predicted octanol–water partition coefficient (Wildman–Crippen LogP) is 10.7. The minimum atomic E-state index is 0. The number of benzene rings is 2. The molecule has 1 radical (unpaired) electrons. The largest absolute Gasteiger partial charge is 0.512 e. The molecule has 0 unspecified atom stereocenters. The molecule has 4 saturated carbocycles. The number of ketones is 1. The summed E-state index contributed by atoms with van der Waals surface area (Å²) in [6.07, 6.45) is 12.4. The molecule has 4 fully saturated rings. The van der Waals surface area contributed by atoms with Gasteiger partial charge >= 0.3 is 0 Å². The summed E-state index contributed by atoms with van der Waals surface area (Å²) in [5.74, 6) is 5.29. The quantitative estimate of drug-likeness (QED) is 0.134. The first-order valence-electron chi connectivity index (χ1n) is 17.1. The number of aliphatic hydroxyl groups excluding tert-OH is 1. The Bertz CT molecular complexity index is 1400. The second kappa shape index (κ2) is 15.3. The Kier molecular flexibility index (Phi) is 12.0. The predicted molar refractivity (Wildman–Crippen MR) is 179 cm³/mol. The van der Waals surface area contributed by atoms with Crippen molar-refractivity contribution in [3.63, 3.8) is 0 Å². The molecule has 0 saturated heterocycles. The fourth-order valence-electron chi connectivity index (χ4n) is 8.78. The first kappa shape index (κ1) is 34.6. The van der Waals surface area contributed by atoms with Gasteiger partial charge in [-0.05, 0) is 116 Å². The van der Waals surface area contributed by atoms with E-state index in [9.17, 15) is 9.90 Å². The number of pyridine rings is 1. The van der Waals surface area contributed by atoms with Crippen molar-refractivity contribution < 1.29 is 30.0 Å². The zero-order chi connectivity index (χ0) is 30.7. The maximum Gasteiger partial charge on any atom is 0.162 e. The van der Waals surface area contributed by atoms with E-state index in [1.807, 2.05) is 27.7 Å². The summed E-state index contributed by atoms with van der Waals surface area (Å²) in [6.45, 7) is 12.3. The number of fused-ring (bicyclic) bond motifs is 1. The molecular weight excluding hydrogens is 719 g/mol. The molecule has 239 valence electrons. The maximum absolute atomic E-state index is 11.7. The first-order chi connectivity index (χ1) is 20.7. The third-order valence-corrected chi connectivity index (χ3v) is 10.8. The van der Waals surface area contributed by atoms with Crippen molar-refractivity contribution in [2.24, 2.45) is 35.5 Å². The van der Waals surface area contributed by atoms with Gasteiger partial charge in [0.05, 0.1) is 11.3 Å². The standard InChI is InChI=1S/C27H28N.C13H24O2.Ir/c1-16-7-17(2)9-22(8-16)26-5-3-20-15-21(4-6-25(20)28-26)27-23-11-18-10-19(13-23)14-24(27)12-18;1-5-10(6-2)12(14)9-13(15)11(7-3)8-4;/h3-8,15,18-19,23-24,27H,10-14H2,1-2H3;9-11,14H,5-8H2,1-4H3;/q-1;;/b;12-9-;. The number of hydrogen-bond acceptors (Lipinski definition) is 3. The molecule has 3 nitrogen and oxygen atoms in total. The van der Waals surface area contributed by atoms with Crippen LogP contribution < -0.4 is 0 Å². The molecule has 7 rings (SSSR count). The van der Waals surface area contributed by atoms with Crippen molar-refractivity contribution >= 4 is 16.7 Å². The molecule has 3 aromatic rings. The van der Waals surface area contributed by atoms with Gasteiger partial charge in [0, 0.05) is 38.0 Å². The fourth-order valence-corrected chi connectivity index (χ4v) is 8.78. The van der Waals surface area contributed by atoms with Gasteiger partial charge in [-0.15, -0.1) is 34.9 Å². The molecule has 1 aromatic heterocycles. The van der Waals surface area contributed by atoms with Crippen LogP contribution in [0.2, 0.25) is 0 Å². The van der Waals surface area contributed by atoms with E-state index in [0.29, 0.717) is 0 Å². The number of rotatable bonds is 9. The zero-order valence-electron chi connectivity index (χ0n) is 27.7. The van der Waals surface area contributed by atoms with Gasteiger partial charge in [0.25, 0.3) is 0 Å². The molecule has 0 amide bonds. The average Bonchev–Trinajstić information content (AvgIpc) is 2.97. The van der Waals surface area contributed by atoms with Crippen LogP contribution in [0.25, 0.3) is 22.2 Å². The number of hydrogen-bond donors (Lipinski definition) is 1. The summed E-state index contributed by atoms with van der Waals surface area (Å²) < 4.78 is 0. The van der Waals surface area contributed by atoms with Gasteiger partial charge in [0.15, 0.2) is 5.78 Å². The van der Waals surface area contributed by atoms with Gasteiger partial charge < -0.3 is 5.11 Å². The van der Waals surface area contributed by atoms with E-state index in [2.05, 4.69) is 62.4 Å². The Labute approximate surface area is 279 Å².